The fourth-order valence-corrected chi connectivity index (χ4v) is 2.01. The summed E-state index contributed by atoms with van der Waals surface area (Å²) in [6.45, 7) is 0. The molecule has 0 aliphatic rings. The maximum absolute atomic E-state index is 12.0. The van der Waals surface area contributed by atoms with Crippen molar-refractivity contribution in [3.05, 3.63) is 69.8 Å². The molecule has 0 atom stereocenters. The Hall–Kier alpha value is -3.20. The maximum atomic E-state index is 12.0. The molecule has 2 aromatic rings. The van der Waals surface area contributed by atoms with Crippen molar-refractivity contribution in [3.63, 3.8) is 0 Å². The van der Waals surface area contributed by atoms with Crippen LogP contribution in [0, 0.1) is 21.4 Å². The van der Waals surface area contributed by atoms with Crippen LogP contribution in [-0.4, -0.2) is 10.8 Å². The standard InChI is InChI=1S/C16H13N3O3/c17-10-9-12-5-7-14(8-6-12)18-16(20)11-13-3-1-2-4-15(13)19(21)22/h1-8H,9,11H2,(H,18,20). The molecule has 0 spiro atoms. The molecule has 0 saturated carbocycles. The molecule has 0 fully saturated rings. The Morgan fingerprint density at radius 2 is 1.86 bits per heavy atom. The number of benzene rings is 2. The summed E-state index contributed by atoms with van der Waals surface area (Å²) in [7, 11) is 0. The van der Waals surface area contributed by atoms with Gasteiger partial charge in [-0.25, -0.2) is 0 Å². The average molecular weight is 295 g/mol. The highest BCUT2D eigenvalue weighted by molar-refractivity contribution is 5.92. The fourth-order valence-electron chi connectivity index (χ4n) is 2.01. The second-order valence-corrected chi connectivity index (χ2v) is 4.64. The Labute approximate surface area is 127 Å². The summed E-state index contributed by atoms with van der Waals surface area (Å²) in [5.74, 6) is -0.331. The third-order valence-corrected chi connectivity index (χ3v) is 3.06. The number of rotatable bonds is 5. The van der Waals surface area contributed by atoms with E-state index in [1.165, 1.54) is 6.07 Å². The summed E-state index contributed by atoms with van der Waals surface area (Å²) >= 11 is 0. The molecule has 22 heavy (non-hydrogen) atoms. The summed E-state index contributed by atoms with van der Waals surface area (Å²) in [5, 5.41) is 22.2. The maximum Gasteiger partial charge on any atom is 0.273 e. The summed E-state index contributed by atoms with van der Waals surface area (Å²) in [6.07, 6.45) is 0.238. The van der Waals surface area contributed by atoms with Gasteiger partial charge in [0.05, 0.1) is 23.8 Å². The Kier molecular flexibility index (Phi) is 4.83. The van der Waals surface area contributed by atoms with Crippen LogP contribution < -0.4 is 5.32 Å². The van der Waals surface area contributed by atoms with Gasteiger partial charge in [-0.3, -0.25) is 14.9 Å². The molecule has 0 saturated heterocycles. The van der Waals surface area contributed by atoms with Crippen molar-refractivity contribution in [2.45, 2.75) is 12.8 Å². The highest BCUT2D eigenvalue weighted by Gasteiger charge is 2.15. The van der Waals surface area contributed by atoms with Gasteiger partial charge in [-0.1, -0.05) is 30.3 Å². The van der Waals surface area contributed by atoms with Crippen LogP contribution in [0.2, 0.25) is 0 Å². The molecule has 2 aromatic carbocycles. The van der Waals surface area contributed by atoms with Crippen molar-refractivity contribution < 1.29 is 9.72 Å². The number of anilines is 1. The fraction of sp³-hybridized carbons (Fsp3) is 0.125. The molecule has 6 heteroatoms. The van der Waals surface area contributed by atoms with Gasteiger partial charge in [0.1, 0.15) is 0 Å². The molecule has 110 valence electrons. The minimum Gasteiger partial charge on any atom is -0.326 e. The van der Waals surface area contributed by atoms with Gasteiger partial charge >= 0.3 is 0 Å². The number of nitro benzene ring substituents is 1. The Morgan fingerprint density at radius 1 is 1.18 bits per heavy atom. The van der Waals surface area contributed by atoms with Crippen LogP contribution in [0.4, 0.5) is 11.4 Å². The molecular formula is C16H13N3O3. The van der Waals surface area contributed by atoms with Crippen LogP contribution in [-0.2, 0) is 17.6 Å². The smallest absolute Gasteiger partial charge is 0.273 e. The highest BCUT2D eigenvalue weighted by atomic mass is 16.6. The number of hydrogen-bond donors (Lipinski definition) is 1. The van der Waals surface area contributed by atoms with Crippen LogP contribution in [0.25, 0.3) is 0 Å². The van der Waals surface area contributed by atoms with Gasteiger partial charge in [0, 0.05) is 17.3 Å². The number of nitro groups is 1. The quantitative estimate of drug-likeness (QED) is 0.677. The van der Waals surface area contributed by atoms with Crippen molar-refractivity contribution in [3.8, 4) is 6.07 Å². The van der Waals surface area contributed by atoms with E-state index in [-0.39, 0.29) is 18.0 Å². The van der Waals surface area contributed by atoms with Gasteiger partial charge < -0.3 is 5.32 Å². The first-order valence-corrected chi connectivity index (χ1v) is 6.58. The number of para-hydroxylation sites is 1. The first-order valence-electron chi connectivity index (χ1n) is 6.58. The van der Waals surface area contributed by atoms with E-state index in [0.29, 0.717) is 17.7 Å². The van der Waals surface area contributed by atoms with Gasteiger partial charge in [0.25, 0.3) is 5.69 Å². The topological polar surface area (TPSA) is 96.0 Å². The van der Waals surface area contributed by atoms with Crippen molar-refractivity contribution >= 4 is 17.3 Å². The minimum atomic E-state index is -0.501. The molecular weight excluding hydrogens is 282 g/mol. The lowest BCUT2D eigenvalue weighted by Gasteiger charge is -2.06. The first-order chi connectivity index (χ1) is 10.6. The number of nitriles is 1. The molecule has 0 aliphatic carbocycles. The van der Waals surface area contributed by atoms with Crippen molar-refractivity contribution in [2.24, 2.45) is 0 Å². The number of carbonyl (C=O) groups is 1. The van der Waals surface area contributed by atoms with Crippen LogP contribution in [0.3, 0.4) is 0 Å². The number of nitrogens with zero attached hydrogens (tertiary/aromatic N) is 2. The third kappa shape index (κ3) is 3.90. The summed E-state index contributed by atoms with van der Waals surface area (Å²) in [6, 6.07) is 15.1. The van der Waals surface area contributed by atoms with E-state index in [1.54, 1.807) is 42.5 Å². The van der Waals surface area contributed by atoms with Crippen molar-refractivity contribution in [1.82, 2.24) is 0 Å². The molecule has 0 bridgehead atoms. The lowest BCUT2D eigenvalue weighted by Crippen LogP contribution is -2.15. The van der Waals surface area contributed by atoms with Crippen LogP contribution in [0.1, 0.15) is 11.1 Å². The minimum absolute atomic E-state index is 0.0676. The predicted octanol–water partition coefficient (Wildman–Crippen LogP) is 2.84. The normalized spacial score (nSPS) is 9.77. The Balaban J connectivity index is 2.04. The van der Waals surface area contributed by atoms with Crippen molar-refractivity contribution in [1.29, 1.82) is 5.26 Å². The first kappa shape index (κ1) is 15.2. The Morgan fingerprint density at radius 3 is 2.50 bits per heavy atom. The van der Waals surface area contributed by atoms with E-state index in [2.05, 4.69) is 5.32 Å². The molecule has 0 aliphatic heterocycles. The molecule has 0 unspecified atom stereocenters. The van der Waals surface area contributed by atoms with Crippen LogP contribution >= 0.6 is 0 Å². The van der Waals surface area contributed by atoms with E-state index < -0.39 is 4.92 Å². The second-order valence-electron chi connectivity index (χ2n) is 4.64. The van der Waals surface area contributed by atoms with E-state index in [0.717, 1.165) is 5.56 Å². The monoisotopic (exact) mass is 295 g/mol. The Bertz CT molecular complexity index is 733. The highest BCUT2D eigenvalue weighted by Crippen LogP contribution is 2.19. The lowest BCUT2D eigenvalue weighted by atomic mass is 10.1. The van der Waals surface area contributed by atoms with Gasteiger partial charge in [-0.05, 0) is 17.7 Å². The van der Waals surface area contributed by atoms with Gasteiger partial charge in [0.2, 0.25) is 5.91 Å². The van der Waals surface area contributed by atoms with Crippen LogP contribution in [0.5, 0.6) is 0 Å². The van der Waals surface area contributed by atoms with Gasteiger partial charge in [0.15, 0.2) is 0 Å². The van der Waals surface area contributed by atoms with Crippen LogP contribution in [0.15, 0.2) is 48.5 Å². The molecule has 6 nitrogen and oxygen atoms in total. The van der Waals surface area contributed by atoms with Crippen molar-refractivity contribution in [2.75, 3.05) is 5.32 Å². The molecule has 1 N–H and O–H groups in total. The van der Waals surface area contributed by atoms with E-state index in [1.807, 2.05) is 6.07 Å². The van der Waals surface area contributed by atoms with Gasteiger partial charge in [-0.15, -0.1) is 0 Å². The van der Waals surface area contributed by atoms with Gasteiger partial charge in [-0.2, -0.15) is 5.26 Å². The molecule has 0 aromatic heterocycles. The summed E-state index contributed by atoms with van der Waals surface area (Å²) < 4.78 is 0. The molecule has 0 heterocycles. The third-order valence-electron chi connectivity index (χ3n) is 3.06. The predicted molar refractivity (Wildman–Crippen MR) is 81.2 cm³/mol. The zero-order valence-electron chi connectivity index (χ0n) is 11.7. The zero-order valence-corrected chi connectivity index (χ0v) is 11.7. The molecule has 1 amide bonds. The average Bonchev–Trinajstić information content (AvgIpc) is 2.50. The lowest BCUT2D eigenvalue weighted by molar-refractivity contribution is -0.385. The summed E-state index contributed by atoms with van der Waals surface area (Å²) in [4.78, 5) is 22.4. The summed E-state index contributed by atoms with van der Waals surface area (Å²) in [5.41, 5.74) is 1.75. The number of carbonyl (C=O) groups excluding carboxylic acids is 1. The van der Waals surface area contributed by atoms with E-state index in [4.69, 9.17) is 5.26 Å². The van der Waals surface area contributed by atoms with E-state index in [9.17, 15) is 14.9 Å². The molecule has 2 rings (SSSR count). The second kappa shape index (κ2) is 6.99. The largest absolute Gasteiger partial charge is 0.326 e. The zero-order chi connectivity index (χ0) is 15.9. The number of nitrogens with one attached hydrogen (secondary N) is 1. The number of hydrogen-bond acceptors (Lipinski definition) is 4. The SMILES string of the molecule is N#CCc1ccc(NC(=O)Cc2ccccc2[N+](=O)[O-])cc1. The number of amides is 1. The van der Waals surface area contributed by atoms with E-state index >= 15 is 0 Å². The molecule has 0 radical (unpaired) electrons.